The summed E-state index contributed by atoms with van der Waals surface area (Å²) >= 11 is 0. The summed E-state index contributed by atoms with van der Waals surface area (Å²) in [5.41, 5.74) is 2.75. The predicted octanol–water partition coefficient (Wildman–Crippen LogP) is 3.42. The van der Waals surface area contributed by atoms with Gasteiger partial charge >= 0.3 is 0 Å². The average molecular weight is 238 g/mol. The van der Waals surface area contributed by atoms with Crippen LogP contribution in [-0.2, 0) is 6.54 Å². The van der Waals surface area contributed by atoms with Crippen molar-refractivity contribution in [2.24, 2.45) is 0 Å². The number of aromatic nitrogens is 1. The van der Waals surface area contributed by atoms with E-state index in [2.05, 4.69) is 46.3 Å². The lowest BCUT2D eigenvalue weighted by molar-refractivity contribution is 0.248. The number of hydrogen-bond donors (Lipinski definition) is 0. The van der Waals surface area contributed by atoms with Gasteiger partial charge in [-0.1, -0.05) is 36.4 Å². The largest absolute Gasteiger partial charge is 0.292 e. The van der Waals surface area contributed by atoms with Gasteiger partial charge in [0, 0.05) is 25.0 Å². The molecule has 0 bridgehead atoms. The van der Waals surface area contributed by atoms with Gasteiger partial charge in [0.05, 0.1) is 0 Å². The lowest BCUT2D eigenvalue weighted by Gasteiger charge is -2.24. The molecule has 0 spiro atoms. The standard InChI is InChI=1S/C16H18N2/c1-2-6-14(7-3-1)13-18-11-5-9-16(18)15-8-4-10-17-12-15/h1-4,6-8,10,12,16H,5,9,11,13H2/t16-/m1/s1. The second kappa shape index (κ2) is 5.32. The van der Waals surface area contributed by atoms with Crippen LogP contribution in [0.4, 0.5) is 0 Å². The number of hydrogen-bond acceptors (Lipinski definition) is 2. The molecule has 2 nitrogen and oxygen atoms in total. The molecule has 1 aromatic carbocycles. The first kappa shape index (κ1) is 11.4. The Bertz CT molecular complexity index is 481. The molecule has 0 amide bonds. The van der Waals surface area contributed by atoms with Crippen LogP contribution in [0.25, 0.3) is 0 Å². The number of nitrogens with zero attached hydrogens (tertiary/aromatic N) is 2. The molecule has 3 rings (SSSR count). The molecule has 0 saturated carbocycles. The van der Waals surface area contributed by atoms with Crippen molar-refractivity contribution in [3.63, 3.8) is 0 Å². The third kappa shape index (κ3) is 2.44. The van der Waals surface area contributed by atoms with Gasteiger partial charge in [0.2, 0.25) is 0 Å². The van der Waals surface area contributed by atoms with Crippen molar-refractivity contribution in [1.29, 1.82) is 0 Å². The maximum Gasteiger partial charge on any atom is 0.0367 e. The maximum absolute atomic E-state index is 4.24. The van der Waals surface area contributed by atoms with Gasteiger partial charge in [0.15, 0.2) is 0 Å². The van der Waals surface area contributed by atoms with Gasteiger partial charge < -0.3 is 0 Å². The fourth-order valence-electron chi connectivity index (χ4n) is 2.78. The summed E-state index contributed by atoms with van der Waals surface area (Å²) in [5.74, 6) is 0. The zero-order valence-corrected chi connectivity index (χ0v) is 10.5. The molecule has 0 aliphatic carbocycles. The van der Waals surface area contributed by atoms with Crippen LogP contribution in [-0.4, -0.2) is 16.4 Å². The van der Waals surface area contributed by atoms with Gasteiger partial charge in [0.1, 0.15) is 0 Å². The Balaban J connectivity index is 1.76. The Labute approximate surface area is 108 Å². The molecule has 0 unspecified atom stereocenters. The molecule has 1 aromatic heterocycles. The SMILES string of the molecule is c1ccc(CN2CCC[C@@H]2c2cccnc2)cc1. The molecule has 0 radical (unpaired) electrons. The minimum Gasteiger partial charge on any atom is -0.292 e. The van der Waals surface area contributed by atoms with E-state index in [4.69, 9.17) is 0 Å². The highest BCUT2D eigenvalue weighted by Crippen LogP contribution is 2.32. The molecule has 1 atom stereocenters. The lowest BCUT2D eigenvalue weighted by Crippen LogP contribution is -2.22. The van der Waals surface area contributed by atoms with Crippen molar-refractivity contribution < 1.29 is 0 Å². The van der Waals surface area contributed by atoms with E-state index in [1.54, 1.807) is 0 Å². The Morgan fingerprint density at radius 3 is 2.78 bits per heavy atom. The molecular weight excluding hydrogens is 220 g/mol. The third-order valence-corrected chi connectivity index (χ3v) is 3.66. The Kier molecular flexibility index (Phi) is 3.37. The Morgan fingerprint density at radius 2 is 2.00 bits per heavy atom. The van der Waals surface area contributed by atoms with Crippen LogP contribution in [0, 0.1) is 0 Å². The molecule has 2 heterocycles. The van der Waals surface area contributed by atoms with E-state index in [0.29, 0.717) is 6.04 Å². The highest BCUT2D eigenvalue weighted by Gasteiger charge is 2.25. The van der Waals surface area contributed by atoms with Crippen LogP contribution in [0.15, 0.2) is 54.9 Å². The summed E-state index contributed by atoms with van der Waals surface area (Å²) in [6, 6.07) is 15.5. The molecular formula is C16H18N2. The number of rotatable bonds is 3. The number of pyridine rings is 1. The van der Waals surface area contributed by atoms with E-state index < -0.39 is 0 Å². The van der Waals surface area contributed by atoms with E-state index in [0.717, 1.165) is 6.54 Å². The van der Waals surface area contributed by atoms with Gasteiger partial charge in [-0.15, -0.1) is 0 Å². The van der Waals surface area contributed by atoms with Gasteiger partial charge in [-0.3, -0.25) is 9.88 Å². The number of likely N-dealkylation sites (tertiary alicyclic amines) is 1. The van der Waals surface area contributed by atoms with Crippen molar-refractivity contribution in [1.82, 2.24) is 9.88 Å². The normalized spacial score (nSPS) is 20.1. The van der Waals surface area contributed by atoms with E-state index in [9.17, 15) is 0 Å². The summed E-state index contributed by atoms with van der Waals surface area (Å²) in [4.78, 5) is 6.81. The van der Waals surface area contributed by atoms with Crippen LogP contribution in [0.2, 0.25) is 0 Å². The first-order valence-electron chi connectivity index (χ1n) is 6.61. The first-order valence-corrected chi connectivity index (χ1v) is 6.61. The van der Waals surface area contributed by atoms with E-state index in [1.165, 1.54) is 30.5 Å². The van der Waals surface area contributed by atoms with Crippen molar-refractivity contribution in [3.05, 3.63) is 66.0 Å². The summed E-state index contributed by atoms with van der Waals surface area (Å²) < 4.78 is 0. The van der Waals surface area contributed by atoms with E-state index in [-0.39, 0.29) is 0 Å². The van der Waals surface area contributed by atoms with Crippen LogP contribution in [0.1, 0.15) is 30.0 Å². The van der Waals surface area contributed by atoms with Gasteiger partial charge in [-0.2, -0.15) is 0 Å². The average Bonchev–Trinajstić information content (AvgIpc) is 2.89. The topological polar surface area (TPSA) is 16.1 Å². The summed E-state index contributed by atoms with van der Waals surface area (Å²) in [7, 11) is 0. The van der Waals surface area contributed by atoms with Crippen LogP contribution >= 0.6 is 0 Å². The van der Waals surface area contributed by atoms with Gasteiger partial charge in [-0.25, -0.2) is 0 Å². The van der Waals surface area contributed by atoms with Crippen LogP contribution < -0.4 is 0 Å². The van der Waals surface area contributed by atoms with E-state index >= 15 is 0 Å². The molecule has 2 heteroatoms. The zero-order valence-electron chi connectivity index (χ0n) is 10.5. The fourth-order valence-corrected chi connectivity index (χ4v) is 2.78. The summed E-state index contributed by atoms with van der Waals surface area (Å²) in [6.07, 6.45) is 6.39. The lowest BCUT2D eigenvalue weighted by atomic mass is 10.1. The monoisotopic (exact) mass is 238 g/mol. The Morgan fingerprint density at radius 1 is 1.11 bits per heavy atom. The maximum atomic E-state index is 4.24. The van der Waals surface area contributed by atoms with Crippen molar-refractivity contribution in [3.8, 4) is 0 Å². The highest BCUT2D eigenvalue weighted by atomic mass is 15.2. The highest BCUT2D eigenvalue weighted by molar-refractivity contribution is 5.18. The molecule has 18 heavy (non-hydrogen) atoms. The van der Waals surface area contributed by atoms with Crippen molar-refractivity contribution >= 4 is 0 Å². The zero-order chi connectivity index (χ0) is 12.2. The second-order valence-electron chi connectivity index (χ2n) is 4.90. The second-order valence-corrected chi connectivity index (χ2v) is 4.90. The molecule has 1 saturated heterocycles. The molecule has 1 aliphatic rings. The molecule has 1 fully saturated rings. The quantitative estimate of drug-likeness (QED) is 0.814. The minimum absolute atomic E-state index is 0.541. The molecule has 1 aliphatic heterocycles. The smallest absolute Gasteiger partial charge is 0.0367 e. The predicted molar refractivity (Wildman–Crippen MR) is 73.1 cm³/mol. The van der Waals surface area contributed by atoms with Crippen molar-refractivity contribution in [2.45, 2.75) is 25.4 Å². The fraction of sp³-hybridized carbons (Fsp3) is 0.312. The molecule has 2 aromatic rings. The summed E-state index contributed by atoms with van der Waals surface area (Å²) in [5, 5.41) is 0. The van der Waals surface area contributed by atoms with Crippen LogP contribution in [0.3, 0.4) is 0 Å². The Hall–Kier alpha value is -1.67. The molecule has 92 valence electrons. The first-order chi connectivity index (χ1) is 8.93. The molecule has 0 N–H and O–H groups in total. The van der Waals surface area contributed by atoms with Crippen LogP contribution in [0.5, 0.6) is 0 Å². The van der Waals surface area contributed by atoms with Gasteiger partial charge in [0.25, 0.3) is 0 Å². The van der Waals surface area contributed by atoms with Gasteiger partial charge in [-0.05, 0) is 36.6 Å². The third-order valence-electron chi connectivity index (χ3n) is 3.66. The van der Waals surface area contributed by atoms with E-state index in [1.807, 2.05) is 18.5 Å². The van der Waals surface area contributed by atoms with Crippen molar-refractivity contribution in [2.75, 3.05) is 6.54 Å². The minimum atomic E-state index is 0.541. The summed E-state index contributed by atoms with van der Waals surface area (Å²) in [6.45, 7) is 2.23. The number of benzene rings is 1.